The van der Waals surface area contributed by atoms with E-state index in [-0.39, 0.29) is 11.7 Å². The molecule has 0 atom stereocenters. The zero-order valence-electron chi connectivity index (χ0n) is 14.1. The van der Waals surface area contributed by atoms with Crippen molar-refractivity contribution < 1.29 is 9.72 Å². The summed E-state index contributed by atoms with van der Waals surface area (Å²) in [5.74, 6) is 1.40. The molecular formula is C16H25N5O3. The molecule has 0 bridgehead atoms. The van der Waals surface area contributed by atoms with E-state index >= 15 is 0 Å². The second-order valence-electron chi connectivity index (χ2n) is 6.85. The van der Waals surface area contributed by atoms with Crippen LogP contribution in [0.2, 0.25) is 0 Å². The number of aryl methyl sites for hydroxylation is 2. The van der Waals surface area contributed by atoms with Gasteiger partial charge in [-0.2, -0.15) is 0 Å². The Hall–Kier alpha value is -1.96. The number of nitrogens with one attached hydrogen (secondary N) is 1. The molecule has 1 saturated carbocycles. The minimum absolute atomic E-state index is 0.117. The summed E-state index contributed by atoms with van der Waals surface area (Å²) in [6.07, 6.45) is 6.49. The number of rotatable bonds is 7. The van der Waals surface area contributed by atoms with Crippen LogP contribution in [0.4, 0.5) is 5.82 Å². The average molecular weight is 335 g/mol. The Morgan fingerprint density at radius 3 is 2.67 bits per heavy atom. The summed E-state index contributed by atoms with van der Waals surface area (Å²) in [6.45, 7) is 4.87. The largest absolute Gasteiger partial charge is 0.381 e. The highest BCUT2D eigenvalue weighted by Gasteiger charge is 2.26. The van der Waals surface area contributed by atoms with Gasteiger partial charge in [0.15, 0.2) is 0 Å². The van der Waals surface area contributed by atoms with Gasteiger partial charge in [-0.25, -0.2) is 0 Å². The summed E-state index contributed by atoms with van der Waals surface area (Å²) < 4.78 is 1.68. The fraction of sp³-hybridized carbons (Fsp3) is 0.750. The van der Waals surface area contributed by atoms with Crippen molar-refractivity contribution in [1.82, 2.24) is 19.8 Å². The van der Waals surface area contributed by atoms with Crippen LogP contribution in [-0.2, 0) is 11.3 Å². The van der Waals surface area contributed by atoms with Gasteiger partial charge in [-0.05, 0) is 48.1 Å². The van der Waals surface area contributed by atoms with Crippen LogP contribution < -0.4 is 5.32 Å². The lowest BCUT2D eigenvalue weighted by molar-refractivity contribution is -0.389. The van der Waals surface area contributed by atoms with Gasteiger partial charge >= 0.3 is 5.82 Å². The van der Waals surface area contributed by atoms with E-state index in [0.717, 1.165) is 38.4 Å². The van der Waals surface area contributed by atoms with E-state index in [0.29, 0.717) is 24.8 Å². The third-order valence-electron chi connectivity index (χ3n) is 4.96. The van der Waals surface area contributed by atoms with Crippen LogP contribution >= 0.6 is 0 Å². The molecule has 2 fully saturated rings. The minimum Gasteiger partial charge on any atom is -0.358 e. The zero-order valence-corrected chi connectivity index (χ0v) is 14.1. The Balaban J connectivity index is 1.41. The highest BCUT2D eigenvalue weighted by molar-refractivity contribution is 5.76. The maximum atomic E-state index is 12.3. The van der Waals surface area contributed by atoms with Crippen molar-refractivity contribution in [1.29, 1.82) is 0 Å². The fourth-order valence-corrected chi connectivity index (χ4v) is 3.17. The molecule has 0 radical (unpaired) electrons. The molecule has 1 amide bonds. The lowest BCUT2D eigenvalue weighted by Gasteiger charge is -2.32. The van der Waals surface area contributed by atoms with Gasteiger partial charge in [0.1, 0.15) is 6.20 Å². The maximum Gasteiger partial charge on any atom is 0.381 e. The van der Waals surface area contributed by atoms with Gasteiger partial charge in [-0.1, -0.05) is 0 Å². The van der Waals surface area contributed by atoms with E-state index in [4.69, 9.17) is 0 Å². The van der Waals surface area contributed by atoms with Gasteiger partial charge in [0.2, 0.25) is 11.7 Å². The Morgan fingerprint density at radius 2 is 2.08 bits per heavy atom. The quantitative estimate of drug-likeness (QED) is 0.602. The van der Waals surface area contributed by atoms with E-state index in [1.54, 1.807) is 11.5 Å². The van der Waals surface area contributed by atoms with E-state index in [2.05, 4.69) is 10.3 Å². The summed E-state index contributed by atoms with van der Waals surface area (Å²) in [4.78, 5) is 28.4. The average Bonchev–Trinajstić information content (AvgIpc) is 3.33. The number of amides is 1. The van der Waals surface area contributed by atoms with Gasteiger partial charge in [-0.15, -0.1) is 0 Å². The maximum absolute atomic E-state index is 12.3. The van der Waals surface area contributed by atoms with E-state index in [9.17, 15) is 14.9 Å². The fourth-order valence-electron chi connectivity index (χ4n) is 3.17. The van der Waals surface area contributed by atoms with E-state index in [1.165, 1.54) is 19.0 Å². The Bertz CT molecular complexity index is 603. The summed E-state index contributed by atoms with van der Waals surface area (Å²) >= 11 is 0. The summed E-state index contributed by atoms with van der Waals surface area (Å²) in [5, 5.41) is 14.3. The van der Waals surface area contributed by atoms with Gasteiger partial charge in [0, 0.05) is 39.0 Å². The number of likely N-dealkylation sites (tertiary alicyclic amines) is 1. The normalized spacial score (nSPS) is 18.8. The molecular weight excluding hydrogens is 310 g/mol. The Labute approximate surface area is 141 Å². The Kier molecular flexibility index (Phi) is 5.13. The van der Waals surface area contributed by atoms with Gasteiger partial charge < -0.3 is 24.9 Å². The van der Waals surface area contributed by atoms with Crippen LogP contribution in [0, 0.1) is 23.0 Å². The number of nitrogens with zero attached hydrogens (tertiary/aromatic N) is 4. The van der Waals surface area contributed by atoms with Crippen molar-refractivity contribution in [3.05, 3.63) is 22.1 Å². The highest BCUT2D eigenvalue weighted by Crippen LogP contribution is 2.28. The first-order chi connectivity index (χ1) is 11.5. The van der Waals surface area contributed by atoms with Gasteiger partial charge in [0.25, 0.3) is 0 Å². The molecule has 1 saturated heterocycles. The first kappa shape index (κ1) is 16.9. The predicted octanol–water partition coefficient (Wildman–Crippen LogP) is 1.48. The van der Waals surface area contributed by atoms with Crippen molar-refractivity contribution >= 4 is 11.7 Å². The van der Waals surface area contributed by atoms with Crippen molar-refractivity contribution in [3.8, 4) is 0 Å². The topological polar surface area (TPSA) is 93.3 Å². The van der Waals surface area contributed by atoms with Crippen LogP contribution in [0.25, 0.3) is 0 Å². The van der Waals surface area contributed by atoms with Crippen molar-refractivity contribution in [2.45, 2.75) is 51.6 Å². The number of hydrogen-bond acceptors (Lipinski definition) is 5. The zero-order chi connectivity index (χ0) is 17.1. The molecule has 2 heterocycles. The third kappa shape index (κ3) is 4.31. The molecule has 1 aliphatic carbocycles. The van der Waals surface area contributed by atoms with Crippen molar-refractivity contribution in [3.63, 3.8) is 0 Å². The van der Waals surface area contributed by atoms with Gasteiger partial charge in [-0.3, -0.25) is 4.79 Å². The molecule has 1 aromatic heterocycles. The number of carbonyl (C=O) groups is 1. The number of imidazole rings is 1. The number of nitro groups is 1. The monoisotopic (exact) mass is 335 g/mol. The standard InChI is InChI=1S/C16H25N5O3/c1-12-18-15(21(23)24)11-20(12)9-6-16(22)19-7-4-14(5-8-19)17-10-13-2-3-13/h11,13-14,17H,2-10H2,1H3. The summed E-state index contributed by atoms with van der Waals surface area (Å²) in [5.41, 5.74) is 0. The van der Waals surface area contributed by atoms with Crippen LogP contribution in [0.5, 0.6) is 0 Å². The molecule has 0 unspecified atom stereocenters. The van der Waals surface area contributed by atoms with Crippen molar-refractivity contribution in [2.75, 3.05) is 19.6 Å². The molecule has 1 aliphatic heterocycles. The number of carbonyl (C=O) groups excluding carboxylic acids is 1. The van der Waals surface area contributed by atoms with Crippen LogP contribution in [-0.4, -0.2) is 51.0 Å². The van der Waals surface area contributed by atoms with Crippen LogP contribution in [0.15, 0.2) is 6.20 Å². The highest BCUT2D eigenvalue weighted by atomic mass is 16.6. The molecule has 0 aromatic carbocycles. The summed E-state index contributed by atoms with van der Waals surface area (Å²) in [6, 6.07) is 0.535. The van der Waals surface area contributed by atoms with Crippen LogP contribution in [0.1, 0.15) is 37.9 Å². The molecule has 0 spiro atoms. The molecule has 3 rings (SSSR count). The molecule has 8 nitrogen and oxygen atoms in total. The second-order valence-corrected chi connectivity index (χ2v) is 6.85. The third-order valence-corrected chi connectivity index (χ3v) is 4.96. The molecule has 1 N–H and O–H groups in total. The SMILES string of the molecule is Cc1nc([N+](=O)[O-])cn1CCC(=O)N1CCC(NCC2CC2)CC1. The van der Waals surface area contributed by atoms with Gasteiger partial charge in [0.05, 0.1) is 0 Å². The summed E-state index contributed by atoms with van der Waals surface area (Å²) in [7, 11) is 0. The Morgan fingerprint density at radius 1 is 1.38 bits per heavy atom. The molecule has 8 heteroatoms. The predicted molar refractivity (Wildman–Crippen MR) is 88.6 cm³/mol. The minimum atomic E-state index is -0.509. The first-order valence-corrected chi connectivity index (χ1v) is 8.72. The van der Waals surface area contributed by atoms with E-state index < -0.39 is 4.92 Å². The smallest absolute Gasteiger partial charge is 0.358 e. The molecule has 1 aromatic rings. The molecule has 2 aliphatic rings. The van der Waals surface area contributed by atoms with Crippen molar-refractivity contribution in [2.24, 2.45) is 5.92 Å². The number of piperidine rings is 1. The lowest BCUT2D eigenvalue weighted by atomic mass is 10.0. The second kappa shape index (κ2) is 7.29. The molecule has 24 heavy (non-hydrogen) atoms. The number of aromatic nitrogens is 2. The van der Waals surface area contributed by atoms with E-state index in [1.807, 2.05) is 4.90 Å². The lowest BCUT2D eigenvalue weighted by Crippen LogP contribution is -2.45. The molecule has 132 valence electrons. The van der Waals surface area contributed by atoms with Crippen LogP contribution in [0.3, 0.4) is 0 Å². The number of hydrogen-bond donors (Lipinski definition) is 1. The first-order valence-electron chi connectivity index (χ1n) is 8.72.